The molecule has 0 aliphatic rings. The number of rotatable bonds is 4. The molecule has 0 amide bonds. The molecule has 0 spiro atoms. The zero-order valence-corrected chi connectivity index (χ0v) is 14.5. The minimum Gasteiger partial charge on any atom is -0.210 e. The predicted molar refractivity (Wildman–Crippen MR) is 102 cm³/mol. The summed E-state index contributed by atoms with van der Waals surface area (Å²) < 4.78 is 3.79. The maximum absolute atomic E-state index is 4.41. The number of nitrogens with zero attached hydrogens (tertiary/aromatic N) is 6. The van der Waals surface area contributed by atoms with Crippen LogP contribution in [-0.2, 0) is 0 Å². The van der Waals surface area contributed by atoms with Crippen molar-refractivity contribution in [2.45, 2.75) is 10.4 Å². The molecule has 6 nitrogen and oxygen atoms in total. The molecule has 3 aromatic carbocycles. The molecule has 0 fully saturated rings. The Morgan fingerprint density at radius 1 is 0.615 bits per heavy atom. The van der Waals surface area contributed by atoms with Crippen molar-refractivity contribution < 1.29 is 0 Å². The van der Waals surface area contributed by atoms with Crippen molar-refractivity contribution in [3.8, 4) is 0 Å². The fourth-order valence-electron chi connectivity index (χ4n) is 2.92. The Morgan fingerprint density at radius 3 is 1.69 bits per heavy atom. The van der Waals surface area contributed by atoms with E-state index in [0.29, 0.717) is 0 Å². The van der Waals surface area contributed by atoms with Crippen LogP contribution in [0, 0.1) is 0 Å². The largest absolute Gasteiger partial charge is 0.210 e. The lowest BCUT2D eigenvalue weighted by Crippen LogP contribution is -2.17. The number of fused-ring (bicyclic) bond motifs is 2. The zero-order chi connectivity index (χ0) is 17.3. The van der Waals surface area contributed by atoms with Crippen molar-refractivity contribution in [1.82, 2.24) is 30.0 Å². The van der Waals surface area contributed by atoms with Crippen molar-refractivity contribution in [2.24, 2.45) is 0 Å². The SMILES string of the molecule is c1ccc(SC(n2nnc3ccccc32)n2nnc3ccccc32)cc1. The molecule has 0 radical (unpaired) electrons. The summed E-state index contributed by atoms with van der Waals surface area (Å²) in [4.78, 5) is 1.12. The van der Waals surface area contributed by atoms with Gasteiger partial charge in [-0.05, 0) is 36.4 Å². The van der Waals surface area contributed by atoms with E-state index in [-0.39, 0.29) is 5.50 Å². The molecule has 0 bridgehead atoms. The number of aromatic nitrogens is 6. The van der Waals surface area contributed by atoms with Gasteiger partial charge in [0.15, 0.2) is 5.50 Å². The highest BCUT2D eigenvalue weighted by molar-refractivity contribution is 7.99. The van der Waals surface area contributed by atoms with Gasteiger partial charge in [-0.3, -0.25) is 0 Å². The summed E-state index contributed by atoms with van der Waals surface area (Å²) in [7, 11) is 0. The second kappa shape index (κ2) is 6.27. The monoisotopic (exact) mass is 358 g/mol. The van der Waals surface area contributed by atoms with Gasteiger partial charge in [0.2, 0.25) is 0 Å². The molecular formula is C19H14N6S. The average molecular weight is 358 g/mol. The molecule has 0 aliphatic carbocycles. The van der Waals surface area contributed by atoms with Crippen LogP contribution in [0.2, 0.25) is 0 Å². The standard InChI is InChI=1S/C19H14N6S/c1-2-8-14(9-3-1)26-19(24-17-12-6-4-10-15(17)20-22-24)25-18-13-7-5-11-16(18)21-23-25/h1-13,19H. The van der Waals surface area contributed by atoms with E-state index in [1.165, 1.54) is 0 Å². The van der Waals surface area contributed by atoms with Crippen LogP contribution in [0.3, 0.4) is 0 Å². The first-order valence-electron chi connectivity index (χ1n) is 8.22. The second-order valence-electron chi connectivity index (χ2n) is 5.80. The van der Waals surface area contributed by atoms with Crippen LogP contribution in [0.4, 0.5) is 0 Å². The Balaban J connectivity index is 1.70. The topological polar surface area (TPSA) is 61.4 Å². The number of benzene rings is 3. The third kappa shape index (κ3) is 2.53. The Bertz CT molecular complexity index is 1110. The van der Waals surface area contributed by atoms with Crippen LogP contribution in [0.5, 0.6) is 0 Å². The Labute approximate surface area is 153 Å². The first-order valence-corrected chi connectivity index (χ1v) is 9.10. The third-order valence-corrected chi connectivity index (χ3v) is 5.31. The van der Waals surface area contributed by atoms with E-state index >= 15 is 0 Å². The lowest BCUT2D eigenvalue weighted by molar-refractivity contribution is 0.486. The van der Waals surface area contributed by atoms with Gasteiger partial charge in [0.1, 0.15) is 11.0 Å². The summed E-state index contributed by atoms with van der Waals surface area (Å²) in [6.07, 6.45) is 0. The normalized spacial score (nSPS) is 11.6. The molecule has 7 heteroatoms. The van der Waals surface area contributed by atoms with E-state index in [1.807, 2.05) is 76.1 Å². The number of hydrogen-bond acceptors (Lipinski definition) is 5. The van der Waals surface area contributed by atoms with Gasteiger partial charge in [0.05, 0.1) is 11.0 Å². The number of hydrogen-bond donors (Lipinski definition) is 0. The summed E-state index contributed by atoms with van der Waals surface area (Å²) in [5, 5.41) is 17.4. The first-order chi connectivity index (χ1) is 12.9. The van der Waals surface area contributed by atoms with Gasteiger partial charge in [-0.2, -0.15) is 0 Å². The molecule has 26 heavy (non-hydrogen) atoms. The van der Waals surface area contributed by atoms with Crippen molar-refractivity contribution in [3.05, 3.63) is 78.9 Å². The molecule has 5 rings (SSSR count). The summed E-state index contributed by atoms with van der Waals surface area (Å²) in [6.45, 7) is 0. The Hall–Kier alpha value is -3.19. The van der Waals surface area contributed by atoms with Gasteiger partial charge in [0.25, 0.3) is 0 Å². The number of para-hydroxylation sites is 2. The second-order valence-corrected chi connectivity index (χ2v) is 6.93. The third-order valence-electron chi connectivity index (χ3n) is 4.16. The van der Waals surface area contributed by atoms with E-state index in [4.69, 9.17) is 0 Å². The quantitative estimate of drug-likeness (QED) is 0.455. The van der Waals surface area contributed by atoms with Crippen LogP contribution in [0.15, 0.2) is 83.8 Å². The molecule has 0 aliphatic heterocycles. The lowest BCUT2D eigenvalue weighted by atomic mass is 10.3. The summed E-state index contributed by atoms with van der Waals surface area (Å²) in [5.74, 6) is 0. The summed E-state index contributed by atoms with van der Waals surface area (Å²) >= 11 is 1.65. The predicted octanol–water partition coefficient (Wildman–Crippen LogP) is 3.97. The van der Waals surface area contributed by atoms with Crippen LogP contribution in [0.25, 0.3) is 22.1 Å². The van der Waals surface area contributed by atoms with Crippen LogP contribution in [0.1, 0.15) is 5.50 Å². The van der Waals surface area contributed by atoms with Gasteiger partial charge in [-0.1, -0.05) is 64.7 Å². The van der Waals surface area contributed by atoms with Crippen LogP contribution in [-0.4, -0.2) is 30.0 Å². The molecule has 0 atom stereocenters. The highest BCUT2D eigenvalue weighted by Gasteiger charge is 2.22. The van der Waals surface area contributed by atoms with Crippen LogP contribution < -0.4 is 0 Å². The zero-order valence-electron chi connectivity index (χ0n) is 13.7. The number of thioether (sulfide) groups is 1. The molecule has 0 saturated carbocycles. The fraction of sp³-hybridized carbons (Fsp3) is 0.0526. The Morgan fingerprint density at radius 2 is 1.12 bits per heavy atom. The molecule has 0 unspecified atom stereocenters. The Kier molecular flexibility index (Phi) is 3.64. The minimum atomic E-state index is -0.239. The highest BCUT2D eigenvalue weighted by atomic mass is 32.2. The highest BCUT2D eigenvalue weighted by Crippen LogP contribution is 2.34. The van der Waals surface area contributed by atoms with Gasteiger partial charge < -0.3 is 0 Å². The molecule has 0 saturated heterocycles. The van der Waals surface area contributed by atoms with Gasteiger partial charge in [0, 0.05) is 4.90 Å². The molecule has 5 aromatic rings. The molecular weight excluding hydrogens is 344 g/mol. The molecule has 0 N–H and O–H groups in total. The van der Waals surface area contributed by atoms with Crippen molar-refractivity contribution >= 4 is 33.8 Å². The minimum absolute atomic E-state index is 0.239. The molecule has 2 aromatic heterocycles. The van der Waals surface area contributed by atoms with Crippen molar-refractivity contribution in [1.29, 1.82) is 0 Å². The van der Waals surface area contributed by atoms with Crippen molar-refractivity contribution in [2.75, 3.05) is 0 Å². The molecule has 126 valence electrons. The van der Waals surface area contributed by atoms with Crippen molar-refractivity contribution in [3.63, 3.8) is 0 Å². The van der Waals surface area contributed by atoms with E-state index in [9.17, 15) is 0 Å². The van der Waals surface area contributed by atoms with E-state index < -0.39 is 0 Å². The maximum Gasteiger partial charge on any atom is 0.199 e. The summed E-state index contributed by atoms with van der Waals surface area (Å²) in [5.41, 5.74) is 3.39. The summed E-state index contributed by atoms with van der Waals surface area (Å²) in [6, 6.07) is 26.1. The molecule has 2 heterocycles. The maximum atomic E-state index is 4.41. The van der Waals surface area contributed by atoms with E-state index in [0.717, 1.165) is 27.0 Å². The van der Waals surface area contributed by atoms with Gasteiger partial charge in [-0.25, -0.2) is 9.36 Å². The average Bonchev–Trinajstić information content (AvgIpc) is 3.32. The van der Waals surface area contributed by atoms with Crippen LogP contribution >= 0.6 is 11.8 Å². The van der Waals surface area contributed by atoms with Gasteiger partial charge in [-0.15, -0.1) is 10.2 Å². The van der Waals surface area contributed by atoms with Gasteiger partial charge >= 0.3 is 0 Å². The lowest BCUT2D eigenvalue weighted by Gasteiger charge is -2.18. The fourth-order valence-corrected chi connectivity index (χ4v) is 3.99. The van der Waals surface area contributed by atoms with E-state index in [2.05, 4.69) is 32.8 Å². The smallest absolute Gasteiger partial charge is 0.199 e. The van der Waals surface area contributed by atoms with E-state index in [1.54, 1.807) is 11.8 Å². The first kappa shape index (κ1) is 15.1.